The van der Waals surface area contributed by atoms with Gasteiger partial charge in [0.25, 0.3) is 0 Å². The van der Waals surface area contributed by atoms with Crippen LogP contribution in [0.1, 0.15) is 12.0 Å². The quantitative estimate of drug-likeness (QED) is 0.726. The molecule has 0 atom stereocenters. The molecule has 1 aromatic rings. The second-order valence-corrected chi connectivity index (χ2v) is 4.53. The summed E-state index contributed by atoms with van der Waals surface area (Å²) in [4.78, 5) is 0. The molecule has 1 N–H and O–H groups in total. The zero-order chi connectivity index (χ0) is 12.5. The van der Waals surface area contributed by atoms with Crippen molar-refractivity contribution < 1.29 is 13.5 Å². The molecule has 2 nitrogen and oxygen atoms in total. The molecule has 0 fully saturated rings. The van der Waals surface area contributed by atoms with Gasteiger partial charge in [0.15, 0.2) is 0 Å². The van der Waals surface area contributed by atoms with E-state index in [2.05, 4.69) is 16.3 Å². The molecule has 17 heavy (non-hydrogen) atoms. The van der Waals surface area contributed by atoms with Gasteiger partial charge < -0.3 is 10.1 Å². The van der Waals surface area contributed by atoms with Crippen LogP contribution in [0.3, 0.4) is 0 Å². The molecule has 1 rings (SSSR count). The van der Waals surface area contributed by atoms with Crippen LogP contribution < -0.4 is 10.1 Å². The Bertz CT molecular complexity index is 306. The Hall–Kier alpha value is -0.810. The molecule has 0 heterocycles. The summed E-state index contributed by atoms with van der Waals surface area (Å²) in [5.41, 5.74) is 1.07. The highest BCUT2D eigenvalue weighted by Gasteiger charge is 2.03. The topological polar surface area (TPSA) is 21.3 Å². The molecule has 0 aliphatic carbocycles. The lowest BCUT2D eigenvalue weighted by Gasteiger charge is -2.07. The minimum atomic E-state index is -2.76. The van der Waals surface area contributed by atoms with Gasteiger partial charge in [-0.2, -0.15) is 20.5 Å². The van der Waals surface area contributed by atoms with Gasteiger partial charge in [0.1, 0.15) is 5.75 Å². The van der Waals surface area contributed by atoms with Gasteiger partial charge in [-0.1, -0.05) is 12.1 Å². The van der Waals surface area contributed by atoms with Crippen LogP contribution in [0, 0.1) is 0 Å². The maximum absolute atomic E-state index is 11.9. The fourth-order valence-electron chi connectivity index (χ4n) is 1.36. The minimum Gasteiger partial charge on any atom is -0.435 e. The van der Waals surface area contributed by atoms with Crippen LogP contribution in [0.5, 0.6) is 5.75 Å². The van der Waals surface area contributed by atoms with Crippen LogP contribution in [0.4, 0.5) is 8.78 Å². The molecule has 0 radical (unpaired) electrons. The van der Waals surface area contributed by atoms with Crippen molar-refractivity contribution in [1.29, 1.82) is 0 Å². The van der Waals surface area contributed by atoms with Gasteiger partial charge >= 0.3 is 6.61 Å². The molecule has 0 saturated heterocycles. The summed E-state index contributed by atoms with van der Waals surface area (Å²) in [6.45, 7) is -1.04. The van der Waals surface area contributed by atoms with Crippen molar-refractivity contribution in [1.82, 2.24) is 5.32 Å². The highest BCUT2D eigenvalue weighted by molar-refractivity contribution is 7.98. The van der Waals surface area contributed by atoms with Gasteiger partial charge in [0.05, 0.1) is 0 Å². The summed E-state index contributed by atoms with van der Waals surface area (Å²) < 4.78 is 28.1. The van der Waals surface area contributed by atoms with E-state index in [1.165, 1.54) is 0 Å². The molecule has 0 spiro atoms. The highest BCUT2D eigenvalue weighted by atomic mass is 32.2. The smallest absolute Gasteiger partial charge is 0.387 e. The second kappa shape index (κ2) is 8.31. The first-order chi connectivity index (χ1) is 8.22. The third-order valence-corrected chi connectivity index (χ3v) is 2.88. The van der Waals surface area contributed by atoms with Crippen molar-refractivity contribution in [2.75, 3.05) is 18.6 Å². The van der Waals surface area contributed by atoms with Gasteiger partial charge in [0, 0.05) is 6.54 Å². The number of rotatable bonds is 8. The average molecular weight is 261 g/mol. The van der Waals surface area contributed by atoms with Crippen molar-refractivity contribution in [3.63, 3.8) is 0 Å². The summed E-state index contributed by atoms with van der Waals surface area (Å²) in [6.07, 6.45) is 3.22. The molecule has 0 bridgehead atoms. The Labute approximate surface area is 105 Å². The predicted octanol–water partition coefficient (Wildman–Crippen LogP) is 3.13. The number of ether oxygens (including phenoxy) is 1. The van der Waals surface area contributed by atoms with E-state index in [0.29, 0.717) is 0 Å². The minimum absolute atomic E-state index is 0.200. The standard InChI is InChI=1S/C12H17F2NOS/c1-17-8-2-7-15-9-10-3-5-11(6-4-10)16-12(13)14/h3-6,12,15H,2,7-9H2,1H3. The van der Waals surface area contributed by atoms with E-state index in [1.807, 2.05) is 11.8 Å². The molecule has 5 heteroatoms. The largest absolute Gasteiger partial charge is 0.435 e. The number of hydrogen-bond donors (Lipinski definition) is 1. The molecule has 0 aromatic heterocycles. The normalized spacial score (nSPS) is 10.8. The summed E-state index contributed by atoms with van der Waals surface area (Å²) in [5.74, 6) is 1.35. The first kappa shape index (κ1) is 14.3. The van der Waals surface area contributed by atoms with Crippen LogP contribution in [-0.4, -0.2) is 25.2 Å². The second-order valence-electron chi connectivity index (χ2n) is 3.55. The SMILES string of the molecule is CSCCCNCc1ccc(OC(F)F)cc1. The van der Waals surface area contributed by atoms with Crippen molar-refractivity contribution in [3.05, 3.63) is 29.8 Å². The van der Waals surface area contributed by atoms with Crippen LogP contribution in [-0.2, 0) is 6.54 Å². The van der Waals surface area contributed by atoms with Crippen LogP contribution in [0.15, 0.2) is 24.3 Å². The zero-order valence-corrected chi connectivity index (χ0v) is 10.6. The Balaban J connectivity index is 2.25. The monoisotopic (exact) mass is 261 g/mol. The summed E-state index contributed by atoms with van der Waals surface area (Å²) in [7, 11) is 0. The Morgan fingerprint density at radius 2 is 2.00 bits per heavy atom. The molecule has 0 unspecified atom stereocenters. The fourth-order valence-corrected chi connectivity index (χ4v) is 1.80. The maximum atomic E-state index is 11.9. The zero-order valence-electron chi connectivity index (χ0n) is 9.79. The molecule has 96 valence electrons. The number of hydrogen-bond acceptors (Lipinski definition) is 3. The van der Waals surface area contributed by atoms with Gasteiger partial charge in [-0.3, -0.25) is 0 Å². The van der Waals surface area contributed by atoms with Gasteiger partial charge in [-0.05, 0) is 42.7 Å². The molecular weight excluding hydrogens is 244 g/mol. The lowest BCUT2D eigenvalue weighted by atomic mass is 10.2. The van der Waals surface area contributed by atoms with Crippen LogP contribution in [0.25, 0.3) is 0 Å². The van der Waals surface area contributed by atoms with E-state index >= 15 is 0 Å². The van der Waals surface area contributed by atoms with E-state index in [0.717, 1.165) is 30.8 Å². The highest BCUT2D eigenvalue weighted by Crippen LogP contribution is 2.14. The average Bonchev–Trinajstić information content (AvgIpc) is 2.30. The molecule has 0 aliphatic rings. The lowest BCUT2D eigenvalue weighted by molar-refractivity contribution is -0.0498. The number of thioether (sulfide) groups is 1. The van der Waals surface area contributed by atoms with E-state index in [4.69, 9.17) is 0 Å². The van der Waals surface area contributed by atoms with E-state index < -0.39 is 6.61 Å². The Kier molecular flexibility index (Phi) is 6.96. The first-order valence-electron chi connectivity index (χ1n) is 5.46. The predicted molar refractivity (Wildman–Crippen MR) is 67.8 cm³/mol. The van der Waals surface area contributed by atoms with Gasteiger partial charge in [0.2, 0.25) is 0 Å². The van der Waals surface area contributed by atoms with Crippen LogP contribution >= 0.6 is 11.8 Å². The number of nitrogens with one attached hydrogen (secondary N) is 1. The van der Waals surface area contributed by atoms with Crippen molar-refractivity contribution >= 4 is 11.8 Å². The maximum Gasteiger partial charge on any atom is 0.387 e. The molecule has 0 amide bonds. The van der Waals surface area contributed by atoms with E-state index in [1.54, 1.807) is 24.3 Å². The van der Waals surface area contributed by atoms with Crippen molar-refractivity contribution in [2.24, 2.45) is 0 Å². The van der Waals surface area contributed by atoms with Crippen molar-refractivity contribution in [3.8, 4) is 5.75 Å². The first-order valence-corrected chi connectivity index (χ1v) is 6.85. The summed E-state index contributed by atoms with van der Waals surface area (Å²) in [5, 5.41) is 3.29. The Morgan fingerprint density at radius 1 is 1.29 bits per heavy atom. The third-order valence-electron chi connectivity index (χ3n) is 2.18. The summed E-state index contributed by atoms with van der Waals surface area (Å²) in [6, 6.07) is 6.70. The van der Waals surface area contributed by atoms with Crippen molar-refractivity contribution in [2.45, 2.75) is 19.6 Å². The molecular formula is C12H17F2NOS. The Morgan fingerprint density at radius 3 is 2.59 bits per heavy atom. The summed E-state index contributed by atoms with van der Waals surface area (Å²) >= 11 is 1.83. The number of alkyl halides is 2. The lowest BCUT2D eigenvalue weighted by Crippen LogP contribution is -2.15. The van der Waals surface area contributed by atoms with E-state index in [-0.39, 0.29) is 5.75 Å². The molecule has 0 aliphatic heterocycles. The third kappa shape index (κ3) is 6.48. The fraction of sp³-hybridized carbons (Fsp3) is 0.500. The number of benzene rings is 1. The molecule has 1 aromatic carbocycles. The number of halogens is 2. The van der Waals surface area contributed by atoms with Crippen LogP contribution in [0.2, 0.25) is 0 Å². The molecule has 0 saturated carbocycles. The van der Waals surface area contributed by atoms with Gasteiger partial charge in [-0.15, -0.1) is 0 Å². The van der Waals surface area contributed by atoms with E-state index in [9.17, 15) is 8.78 Å². The van der Waals surface area contributed by atoms with Gasteiger partial charge in [-0.25, -0.2) is 0 Å².